The second-order valence-electron chi connectivity index (χ2n) is 9.39. The average molecular weight is 567 g/mol. The highest BCUT2D eigenvalue weighted by Crippen LogP contribution is 2.43. The van der Waals surface area contributed by atoms with Gasteiger partial charge in [0.1, 0.15) is 5.54 Å². The molecule has 14 heteroatoms. The Morgan fingerprint density at radius 3 is 2.12 bits per heavy atom. The van der Waals surface area contributed by atoms with Crippen LogP contribution in [0.15, 0.2) is 59.7 Å². The second kappa shape index (κ2) is 11.6. The molecular weight excluding hydrogens is 536 g/mol. The van der Waals surface area contributed by atoms with Crippen LogP contribution >= 0.6 is 0 Å². The molecule has 2 aromatic rings. The molecule has 1 saturated heterocycles. The molecule has 216 valence electrons. The Kier molecular flexibility index (Phi) is 8.58. The molecule has 3 atom stereocenters. The number of carboxylic acids is 2. The number of amides is 4. The number of benzene rings is 2. The zero-order valence-electron chi connectivity index (χ0n) is 22.6. The van der Waals surface area contributed by atoms with Crippen LogP contribution in [0.4, 0.5) is 10.5 Å². The number of hydrazone groups is 1. The molecule has 1 fully saturated rings. The fourth-order valence-electron chi connectivity index (χ4n) is 4.98. The van der Waals surface area contributed by atoms with E-state index in [9.17, 15) is 39.0 Å². The number of urea groups is 1. The molecule has 2 aromatic carbocycles. The van der Waals surface area contributed by atoms with E-state index in [0.29, 0.717) is 10.5 Å². The Labute approximate surface area is 234 Å². The highest BCUT2D eigenvalue weighted by atomic mass is 16.4. The molecule has 1 heterocycles. The van der Waals surface area contributed by atoms with E-state index >= 15 is 0 Å². The summed E-state index contributed by atoms with van der Waals surface area (Å²) in [7, 11) is 0. The van der Waals surface area contributed by atoms with E-state index in [1.54, 1.807) is 25.1 Å². The van der Waals surface area contributed by atoms with Gasteiger partial charge in [0.2, 0.25) is 5.91 Å². The van der Waals surface area contributed by atoms with Crippen LogP contribution in [0.25, 0.3) is 0 Å². The molecule has 4 amide bonds. The first-order chi connectivity index (χ1) is 19.3. The number of hydrogen-bond donors (Lipinski definition) is 4. The molecule has 0 aliphatic carbocycles. The Bertz CT molecular complexity index is 1400. The van der Waals surface area contributed by atoms with E-state index in [2.05, 4.69) is 5.10 Å². The smallest absolute Gasteiger partial charge is 0.360 e. The number of carboxylic acid groups (broad SMARTS) is 2. The summed E-state index contributed by atoms with van der Waals surface area (Å²) in [5.74, 6) is -1.99. The number of aliphatic carboxylic acids is 2. The lowest BCUT2D eigenvalue weighted by molar-refractivity contribution is -0.162. The van der Waals surface area contributed by atoms with Crippen LogP contribution in [0.2, 0.25) is 0 Å². The van der Waals surface area contributed by atoms with Gasteiger partial charge in [-0.1, -0.05) is 42.5 Å². The highest BCUT2D eigenvalue weighted by Gasteiger charge is 2.69. The lowest BCUT2D eigenvalue weighted by Crippen LogP contribution is -2.74. The lowest BCUT2D eigenvalue weighted by Gasteiger charge is -2.43. The molecule has 41 heavy (non-hydrogen) atoms. The molecule has 0 radical (unpaired) electrons. The first kappa shape index (κ1) is 30.4. The van der Waals surface area contributed by atoms with E-state index in [4.69, 9.17) is 11.6 Å². The number of hydrogen-bond acceptors (Lipinski definition) is 9. The van der Waals surface area contributed by atoms with E-state index in [1.807, 2.05) is 0 Å². The molecule has 1 aliphatic heterocycles. The van der Waals surface area contributed by atoms with Gasteiger partial charge in [-0.25, -0.2) is 14.5 Å². The van der Waals surface area contributed by atoms with E-state index < -0.39 is 59.2 Å². The number of nitrogens with two attached hydrogens (primary N) is 2. The van der Waals surface area contributed by atoms with Crippen molar-refractivity contribution in [3.8, 4) is 0 Å². The highest BCUT2D eigenvalue weighted by molar-refractivity contribution is 6.24. The van der Waals surface area contributed by atoms with Crippen LogP contribution in [0.5, 0.6) is 0 Å². The van der Waals surface area contributed by atoms with Crippen molar-refractivity contribution in [1.82, 2.24) is 9.80 Å². The zero-order chi connectivity index (χ0) is 30.7. The van der Waals surface area contributed by atoms with Crippen molar-refractivity contribution in [1.29, 1.82) is 0 Å². The molecule has 3 rings (SSSR count). The molecule has 0 spiro atoms. The minimum atomic E-state index is -3.26. The van der Waals surface area contributed by atoms with Gasteiger partial charge in [-0.15, -0.1) is 0 Å². The number of anilines is 1. The summed E-state index contributed by atoms with van der Waals surface area (Å²) in [4.78, 5) is 81.8. The molecule has 0 aromatic heterocycles. The van der Waals surface area contributed by atoms with E-state index in [0.717, 1.165) is 11.8 Å². The number of nitrogens with zero attached hydrogens (tertiary/aromatic N) is 4. The maximum absolute atomic E-state index is 14.3. The fourth-order valence-corrected chi connectivity index (χ4v) is 4.98. The van der Waals surface area contributed by atoms with Crippen molar-refractivity contribution in [3.63, 3.8) is 0 Å². The molecule has 14 nitrogen and oxygen atoms in total. The molecule has 6 N–H and O–H groups in total. The standard InChI is InChI=1S/C27H30N6O8/c1-4-31-25(41)33(23(38)26(31,3)18-12-10-17(11-13-18)15-30-29)27(16(2)34,24(39)40)32(19-8-6-5-7-9-19)22(37)20(28)14-21(35)36/h5-13,15,20H,4,14,28-29H2,1-3H3,(H,35,36)(H,39,40)/t20-,26+,27-/m0/s1. The van der Waals surface area contributed by atoms with Crippen LogP contribution in [0.3, 0.4) is 0 Å². The average Bonchev–Trinajstić information content (AvgIpc) is 3.12. The number of likely N-dealkylation sites (N-methyl/N-ethyl adjacent to an activating group) is 1. The third kappa shape index (κ3) is 4.89. The summed E-state index contributed by atoms with van der Waals surface area (Å²) in [5.41, 5.74) is 1.43. The number of rotatable bonds is 11. The van der Waals surface area contributed by atoms with Crippen molar-refractivity contribution in [2.24, 2.45) is 16.7 Å². The first-order valence-electron chi connectivity index (χ1n) is 12.4. The minimum Gasteiger partial charge on any atom is -0.481 e. The summed E-state index contributed by atoms with van der Waals surface area (Å²) in [6.45, 7) is 3.67. The van der Waals surface area contributed by atoms with Crippen LogP contribution in [0, 0.1) is 0 Å². The Balaban J connectivity index is 2.35. The number of ketones is 1. The Morgan fingerprint density at radius 1 is 1.07 bits per heavy atom. The SMILES string of the molecule is CCN1C(=O)N([C@@](C(C)=O)(C(=O)O)N(C(=O)[C@@H](N)CC(=O)O)c2ccccc2)C(=O)[C@@]1(C)c1ccc(C=NN)cc1. The van der Waals surface area contributed by atoms with Crippen molar-refractivity contribution < 1.29 is 39.0 Å². The van der Waals surface area contributed by atoms with Crippen LogP contribution in [-0.4, -0.2) is 80.0 Å². The normalized spacial score (nSPS) is 19.2. The van der Waals surface area contributed by atoms with Gasteiger partial charge in [-0.05, 0) is 44.0 Å². The molecule has 0 saturated carbocycles. The molecule has 0 unspecified atom stereocenters. The Hall–Kier alpha value is -5.11. The predicted molar refractivity (Wildman–Crippen MR) is 145 cm³/mol. The van der Waals surface area contributed by atoms with Gasteiger partial charge in [0.25, 0.3) is 11.6 Å². The van der Waals surface area contributed by atoms with Crippen LogP contribution in [-0.2, 0) is 29.5 Å². The summed E-state index contributed by atoms with van der Waals surface area (Å²) in [6, 6.07) is 10.1. The number of carbonyl (C=O) groups excluding carboxylic acids is 4. The van der Waals surface area contributed by atoms with Crippen molar-refractivity contribution >= 4 is 47.5 Å². The van der Waals surface area contributed by atoms with E-state index in [-0.39, 0.29) is 22.7 Å². The quantitative estimate of drug-likeness (QED) is 0.0980. The van der Waals surface area contributed by atoms with Gasteiger partial charge in [0.05, 0.1) is 18.7 Å². The first-order valence-corrected chi connectivity index (χ1v) is 12.4. The summed E-state index contributed by atoms with van der Waals surface area (Å²) in [6.07, 6.45) is 0.432. The summed E-state index contributed by atoms with van der Waals surface area (Å²) >= 11 is 0. The van der Waals surface area contributed by atoms with Crippen molar-refractivity contribution in [2.75, 3.05) is 11.4 Å². The lowest BCUT2D eigenvalue weighted by atomic mass is 9.88. The van der Waals surface area contributed by atoms with Gasteiger partial charge < -0.3 is 26.7 Å². The minimum absolute atomic E-state index is 0.0883. The fraction of sp³-hybridized carbons (Fsp3) is 0.296. The van der Waals surface area contributed by atoms with Crippen LogP contribution in [0.1, 0.15) is 38.3 Å². The third-order valence-electron chi connectivity index (χ3n) is 6.98. The number of para-hydroxylation sites is 1. The largest absolute Gasteiger partial charge is 0.481 e. The summed E-state index contributed by atoms with van der Waals surface area (Å²) < 4.78 is 0. The van der Waals surface area contributed by atoms with Crippen molar-refractivity contribution in [2.45, 2.75) is 44.4 Å². The number of imide groups is 1. The van der Waals surface area contributed by atoms with Gasteiger partial charge >= 0.3 is 18.0 Å². The predicted octanol–water partition coefficient (Wildman–Crippen LogP) is 0.684. The van der Waals surface area contributed by atoms with Crippen LogP contribution < -0.4 is 16.5 Å². The number of Topliss-reactive ketones (excluding diaryl/α,β-unsaturated/α-hetero) is 1. The van der Waals surface area contributed by atoms with Gasteiger partial charge in [-0.2, -0.15) is 5.10 Å². The van der Waals surface area contributed by atoms with E-state index in [1.165, 1.54) is 49.5 Å². The monoisotopic (exact) mass is 566 g/mol. The second-order valence-corrected chi connectivity index (χ2v) is 9.39. The Morgan fingerprint density at radius 2 is 1.66 bits per heavy atom. The van der Waals surface area contributed by atoms with Gasteiger partial charge in [-0.3, -0.25) is 24.1 Å². The molecule has 1 aliphatic rings. The molecule has 0 bridgehead atoms. The zero-order valence-corrected chi connectivity index (χ0v) is 22.6. The topological polar surface area (TPSA) is 217 Å². The van der Waals surface area contributed by atoms with Gasteiger partial charge in [0, 0.05) is 12.2 Å². The summed E-state index contributed by atoms with van der Waals surface area (Å²) in [5, 5.41) is 23.3. The van der Waals surface area contributed by atoms with Crippen molar-refractivity contribution in [3.05, 3.63) is 65.7 Å². The third-order valence-corrected chi connectivity index (χ3v) is 6.98. The maximum Gasteiger partial charge on any atom is 0.360 e. The maximum atomic E-state index is 14.3. The van der Waals surface area contributed by atoms with Gasteiger partial charge in [0.15, 0.2) is 5.78 Å². The molecular formula is C27H30N6O8. The number of carbonyl (C=O) groups is 6.